The number of hydrogen-bond acceptors (Lipinski definition) is 4. The van der Waals surface area contributed by atoms with Gasteiger partial charge >= 0.3 is 0 Å². The number of nitrogens with zero attached hydrogens (tertiary/aromatic N) is 1. The fraction of sp³-hybridized carbons (Fsp3) is 0.944. The van der Waals surface area contributed by atoms with Gasteiger partial charge in [0.2, 0.25) is 10.0 Å². The molecular formula is C18H36N4O2S2. The molecule has 2 aliphatic carbocycles. The van der Waals surface area contributed by atoms with Gasteiger partial charge in [-0.1, -0.05) is 19.8 Å². The highest BCUT2D eigenvalue weighted by molar-refractivity contribution is 7.99. The number of rotatable bonds is 10. The molecule has 2 atom stereocenters. The van der Waals surface area contributed by atoms with Gasteiger partial charge in [0, 0.05) is 24.4 Å². The predicted molar refractivity (Wildman–Crippen MR) is 112 cm³/mol. The summed E-state index contributed by atoms with van der Waals surface area (Å²) in [4.78, 5) is 4.49. The van der Waals surface area contributed by atoms with Gasteiger partial charge in [0.15, 0.2) is 5.96 Å². The van der Waals surface area contributed by atoms with Crippen LogP contribution in [-0.4, -0.2) is 56.8 Å². The molecule has 0 amide bonds. The second-order valence-electron chi connectivity index (χ2n) is 7.31. The summed E-state index contributed by atoms with van der Waals surface area (Å²) in [7, 11) is -3.23. The van der Waals surface area contributed by atoms with E-state index in [-0.39, 0.29) is 12.3 Å². The van der Waals surface area contributed by atoms with Crippen molar-refractivity contribution in [2.45, 2.75) is 70.1 Å². The quantitative estimate of drug-likeness (QED) is 0.384. The van der Waals surface area contributed by atoms with E-state index in [1.165, 1.54) is 19.3 Å². The Bertz CT molecular complexity index is 533. The lowest BCUT2D eigenvalue weighted by atomic mass is 9.86. The van der Waals surface area contributed by atoms with Crippen LogP contribution in [-0.2, 0) is 10.0 Å². The first-order chi connectivity index (χ1) is 12.5. The Morgan fingerprint density at radius 1 is 1.15 bits per heavy atom. The van der Waals surface area contributed by atoms with Gasteiger partial charge in [-0.2, -0.15) is 11.8 Å². The van der Waals surface area contributed by atoms with Crippen LogP contribution < -0.4 is 15.4 Å². The molecule has 0 aromatic heterocycles. The normalized spacial score (nSPS) is 24.9. The van der Waals surface area contributed by atoms with Gasteiger partial charge in [0.05, 0.1) is 12.3 Å². The standard InChI is InChI=1S/C18H36N4O2S2/c1-3-19-18(22-16-9-6-10-17(13-16)25-4-2)20-11-12-26(23,24)21-14-15-7-5-8-15/h15-17,21H,3-14H2,1-2H3,(H2,19,20,22). The van der Waals surface area contributed by atoms with Crippen molar-refractivity contribution in [3.05, 3.63) is 0 Å². The molecule has 6 nitrogen and oxygen atoms in total. The Morgan fingerprint density at radius 2 is 1.92 bits per heavy atom. The number of hydrogen-bond donors (Lipinski definition) is 3. The van der Waals surface area contributed by atoms with Crippen LogP contribution in [0.2, 0.25) is 0 Å². The Labute approximate surface area is 163 Å². The Morgan fingerprint density at radius 3 is 2.58 bits per heavy atom. The molecule has 2 rings (SSSR count). The fourth-order valence-corrected chi connectivity index (χ4v) is 5.61. The van der Waals surface area contributed by atoms with Crippen molar-refractivity contribution in [3.8, 4) is 0 Å². The maximum absolute atomic E-state index is 12.1. The van der Waals surface area contributed by atoms with Crippen molar-refractivity contribution in [2.75, 3.05) is 31.1 Å². The van der Waals surface area contributed by atoms with Crippen LogP contribution in [0, 0.1) is 5.92 Å². The van der Waals surface area contributed by atoms with Gasteiger partial charge in [-0.15, -0.1) is 0 Å². The van der Waals surface area contributed by atoms with Crippen molar-refractivity contribution in [3.63, 3.8) is 0 Å². The number of nitrogens with one attached hydrogen (secondary N) is 3. The van der Waals surface area contributed by atoms with Crippen LogP contribution in [0.4, 0.5) is 0 Å². The SMILES string of the molecule is CCNC(=NCCS(=O)(=O)NCC1CCC1)NC1CCCC(SCC)C1. The van der Waals surface area contributed by atoms with E-state index in [4.69, 9.17) is 0 Å². The molecule has 0 bridgehead atoms. The largest absolute Gasteiger partial charge is 0.357 e. The van der Waals surface area contributed by atoms with Crippen molar-refractivity contribution < 1.29 is 8.42 Å². The molecule has 0 saturated heterocycles. The lowest BCUT2D eigenvalue weighted by Crippen LogP contribution is -2.46. The Hall–Kier alpha value is -0.470. The lowest BCUT2D eigenvalue weighted by molar-refractivity contribution is 0.316. The maximum Gasteiger partial charge on any atom is 0.213 e. The average Bonchev–Trinajstić information content (AvgIpc) is 2.54. The molecule has 8 heteroatoms. The molecular weight excluding hydrogens is 368 g/mol. The van der Waals surface area contributed by atoms with Crippen molar-refractivity contribution in [1.29, 1.82) is 0 Å². The number of sulfonamides is 1. The molecule has 0 spiro atoms. The molecule has 26 heavy (non-hydrogen) atoms. The number of guanidine groups is 1. The first-order valence-corrected chi connectivity index (χ1v) is 12.9. The number of thioether (sulfide) groups is 1. The monoisotopic (exact) mass is 404 g/mol. The third kappa shape index (κ3) is 8.05. The molecule has 3 N–H and O–H groups in total. The average molecular weight is 405 g/mol. The molecule has 2 saturated carbocycles. The zero-order valence-corrected chi connectivity index (χ0v) is 17.9. The summed E-state index contributed by atoms with van der Waals surface area (Å²) in [5.74, 6) is 2.49. The fourth-order valence-electron chi connectivity index (χ4n) is 3.47. The number of aliphatic imine (C=N–C) groups is 1. The van der Waals surface area contributed by atoms with Gasteiger partial charge in [0.25, 0.3) is 0 Å². The Kier molecular flexibility index (Phi) is 9.56. The highest BCUT2D eigenvalue weighted by atomic mass is 32.2. The van der Waals surface area contributed by atoms with E-state index < -0.39 is 10.0 Å². The van der Waals surface area contributed by atoms with Crippen molar-refractivity contribution >= 4 is 27.7 Å². The second kappa shape index (κ2) is 11.4. The molecule has 2 aliphatic rings. The molecule has 0 aliphatic heterocycles. The summed E-state index contributed by atoms with van der Waals surface area (Å²) in [5, 5.41) is 7.49. The molecule has 2 fully saturated rings. The molecule has 0 heterocycles. The third-order valence-corrected chi connectivity index (χ3v) is 7.72. The van der Waals surface area contributed by atoms with Gasteiger partial charge in [-0.25, -0.2) is 13.1 Å². The van der Waals surface area contributed by atoms with Crippen molar-refractivity contribution in [1.82, 2.24) is 15.4 Å². The summed E-state index contributed by atoms with van der Waals surface area (Å²) >= 11 is 2.04. The van der Waals surface area contributed by atoms with E-state index in [1.54, 1.807) is 0 Å². The van der Waals surface area contributed by atoms with Crippen LogP contribution in [0.25, 0.3) is 0 Å². The molecule has 152 valence electrons. The van der Waals surface area contributed by atoms with Crippen LogP contribution in [0.5, 0.6) is 0 Å². The van der Waals surface area contributed by atoms with E-state index >= 15 is 0 Å². The van der Waals surface area contributed by atoms with Gasteiger partial charge in [0.1, 0.15) is 0 Å². The summed E-state index contributed by atoms with van der Waals surface area (Å²) < 4.78 is 26.9. The first-order valence-electron chi connectivity index (χ1n) is 10.2. The van der Waals surface area contributed by atoms with Gasteiger partial charge < -0.3 is 10.6 Å². The zero-order chi connectivity index (χ0) is 18.8. The van der Waals surface area contributed by atoms with Crippen molar-refractivity contribution in [2.24, 2.45) is 10.9 Å². The van der Waals surface area contributed by atoms with Crippen LogP contribution in [0.1, 0.15) is 58.8 Å². The lowest BCUT2D eigenvalue weighted by Gasteiger charge is -2.30. The Balaban J connectivity index is 1.77. The van der Waals surface area contributed by atoms with E-state index in [9.17, 15) is 8.42 Å². The summed E-state index contributed by atoms with van der Waals surface area (Å²) in [6.07, 6.45) is 8.38. The maximum atomic E-state index is 12.1. The van der Waals surface area contributed by atoms with Gasteiger partial charge in [-0.3, -0.25) is 4.99 Å². The molecule has 2 unspecified atom stereocenters. The van der Waals surface area contributed by atoms with Crippen LogP contribution >= 0.6 is 11.8 Å². The molecule has 0 aromatic carbocycles. The summed E-state index contributed by atoms with van der Waals surface area (Å²) in [6, 6.07) is 0.430. The highest BCUT2D eigenvalue weighted by Gasteiger charge is 2.23. The summed E-state index contributed by atoms with van der Waals surface area (Å²) in [5.41, 5.74) is 0. The van der Waals surface area contributed by atoms with E-state index in [0.717, 1.165) is 49.2 Å². The van der Waals surface area contributed by atoms with E-state index in [0.29, 0.717) is 18.5 Å². The van der Waals surface area contributed by atoms with E-state index in [1.807, 2.05) is 18.7 Å². The molecule has 0 aromatic rings. The minimum absolute atomic E-state index is 0.0509. The third-order valence-electron chi connectivity index (χ3n) is 5.16. The van der Waals surface area contributed by atoms with Crippen LogP contribution in [0.3, 0.4) is 0 Å². The van der Waals surface area contributed by atoms with Crippen LogP contribution in [0.15, 0.2) is 4.99 Å². The first kappa shape index (κ1) is 21.8. The smallest absolute Gasteiger partial charge is 0.213 e. The van der Waals surface area contributed by atoms with Gasteiger partial charge in [-0.05, 0) is 50.7 Å². The zero-order valence-electron chi connectivity index (χ0n) is 16.3. The topological polar surface area (TPSA) is 82.6 Å². The minimum atomic E-state index is -3.23. The minimum Gasteiger partial charge on any atom is -0.357 e. The molecule has 0 radical (unpaired) electrons. The second-order valence-corrected chi connectivity index (χ2v) is 10.8. The highest BCUT2D eigenvalue weighted by Crippen LogP contribution is 2.28. The van der Waals surface area contributed by atoms with E-state index in [2.05, 4.69) is 27.3 Å². The predicted octanol–water partition coefficient (Wildman–Crippen LogP) is 2.33. The summed E-state index contributed by atoms with van der Waals surface area (Å²) in [6.45, 7) is 5.90.